The summed E-state index contributed by atoms with van der Waals surface area (Å²) >= 11 is 0. The van der Waals surface area contributed by atoms with Gasteiger partial charge in [-0.1, -0.05) is 42.5 Å². The number of aromatic amines is 1. The van der Waals surface area contributed by atoms with Gasteiger partial charge < -0.3 is 15.4 Å². The fourth-order valence-corrected chi connectivity index (χ4v) is 2.74. The number of rotatable bonds is 6. The second-order valence-electron chi connectivity index (χ2n) is 5.21. The third-order valence-corrected chi connectivity index (χ3v) is 3.84. The molecule has 3 N–H and O–H groups in total. The molecular weight excluding hydrogens is 260 g/mol. The summed E-state index contributed by atoms with van der Waals surface area (Å²) in [6.07, 6.45) is 2.68. The first-order valence-corrected chi connectivity index (χ1v) is 7.32. The molecule has 0 spiro atoms. The molecule has 0 unspecified atom stereocenters. The van der Waals surface area contributed by atoms with Crippen molar-refractivity contribution in [2.24, 2.45) is 0 Å². The van der Waals surface area contributed by atoms with E-state index in [0.29, 0.717) is 6.42 Å². The molecule has 108 valence electrons. The van der Waals surface area contributed by atoms with E-state index in [-0.39, 0.29) is 12.6 Å². The van der Waals surface area contributed by atoms with E-state index in [2.05, 4.69) is 46.7 Å². The summed E-state index contributed by atoms with van der Waals surface area (Å²) in [7, 11) is 0. The van der Waals surface area contributed by atoms with E-state index < -0.39 is 0 Å². The summed E-state index contributed by atoms with van der Waals surface area (Å²) < 4.78 is 0. The minimum Gasteiger partial charge on any atom is -0.396 e. The van der Waals surface area contributed by atoms with Gasteiger partial charge in [0.15, 0.2) is 0 Å². The molecule has 0 saturated heterocycles. The van der Waals surface area contributed by atoms with Crippen LogP contribution in [0.25, 0.3) is 10.9 Å². The number of aliphatic hydroxyl groups is 1. The van der Waals surface area contributed by atoms with Crippen molar-refractivity contribution in [2.75, 3.05) is 6.61 Å². The van der Waals surface area contributed by atoms with Gasteiger partial charge in [-0.05, 0) is 29.7 Å². The largest absolute Gasteiger partial charge is 0.396 e. The molecule has 0 aliphatic carbocycles. The number of benzene rings is 2. The van der Waals surface area contributed by atoms with Crippen molar-refractivity contribution >= 4 is 10.9 Å². The quantitative estimate of drug-likeness (QED) is 0.648. The number of hydrogen-bond donors (Lipinski definition) is 3. The predicted octanol–water partition coefficient (Wildman–Crippen LogP) is 3.38. The summed E-state index contributed by atoms with van der Waals surface area (Å²) in [4.78, 5) is 3.24. The van der Waals surface area contributed by atoms with Gasteiger partial charge in [0.2, 0.25) is 0 Å². The maximum Gasteiger partial charge on any atom is 0.0457 e. The van der Waals surface area contributed by atoms with Gasteiger partial charge in [-0.2, -0.15) is 0 Å². The summed E-state index contributed by atoms with van der Waals surface area (Å²) in [5.41, 5.74) is 3.65. The van der Waals surface area contributed by atoms with Crippen LogP contribution >= 0.6 is 0 Å². The molecule has 21 heavy (non-hydrogen) atoms. The van der Waals surface area contributed by atoms with Crippen molar-refractivity contribution < 1.29 is 5.11 Å². The Kier molecular flexibility index (Phi) is 4.34. The second-order valence-corrected chi connectivity index (χ2v) is 5.21. The normalized spacial score (nSPS) is 12.6. The highest BCUT2D eigenvalue weighted by atomic mass is 16.3. The van der Waals surface area contributed by atoms with Crippen LogP contribution in [0.2, 0.25) is 0 Å². The molecule has 0 saturated carbocycles. The molecule has 3 aromatic rings. The van der Waals surface area contributed by atoms with Crippen molar-refractivity contribution in [1.82, 2.24) is 10.3 Å². The van der Waals surface area contributed by atoms with Crippen LogP contribution in [0.5, 0.6) is 0 Å². The fourth-order valence-electron chi connectivity index (χ4n) is 2.74. The molecule has 2 aromatic carbocycles. The zero-order chi connectivity index (χ0) is 14.5. The Hall–Kier alpha value is -2.10. The lowest BCUT2D eigenvalue weighted by atomic mass is 10.0. The van der Waals surface area contributed by atoms with Crippen LogP contribution in [-0.2, 0) is 6.54 Å². The first-order valence-electron chi connectivity index (χ1n) is 7.32. The molecule has 1 heterocycles. The molecule has 0 fully saturated rings. The van der Waals surface area contributed by atoms with Crippen molar-refractivity contribution in [3.05, 3.63) is 71.9 Å². The SMILES string of the molecule is OCC[C@@H](NCc1cccc2[nH]ccc12)c1ccccc1. The third kappa shape index (κ3) is 3.15. The molecule has 1 aromatic heterocycles. The second kappa shape index (κ2) is 6.57. The summed E-state index contributed by atoms with van der Waals surface area (Å²) in [5.74, 6) is 0. The molecule has 0 bridgehead atoms. The van der Waals surface area contributed by atoms with Gasteiger partial charge >= 0.3 is 0 Å². The Morgan fingerprint density at radius 1 is 1.00 bits per heavy atom. The lowest BCUT2D eigenvalue weighted by Gasteiger charge is -2.18. The Morgan fingerprint density at radius 3 is 2.67 bits per heavy atom. The summed E-state index contributed by atoms with van der Waals surface area (Å²) in [6, 6.07) is 18.9. The maximum absolute atomic E-state index is 9.29. The van der Waals surface area contributed by atoms with Crippen molar-refractivity contribution in [2.45, 2.75) is 19.0 Å². The Morgan fingerprint density at radius 2 is 1.86 bits per heavy atom. The van der Waals surface area contributed by atoms with E-state index in [4.69, 9.17) is 0 Å². The molecule has 0 aliphatic rings. The predicted molar refractivity (Wildman–Crippen MR) is 86.0 cm³/mol. The average Bonchev–Trinajstić information content (AvgIpc) is 3.01. The molecule has 3 nitrogen and oxygen atoms in total. The van der Waals surface area contributed by atoms with E-state index >= 15 is 0 Å². The van der Waals surface area contributed by atoms with Crippen LogP contribution in [0.1, 0.15) is 23.6 Å². The van der Waals surface area contributed by atoms with Crippen molar-refractivity contribution in [3.8, 4) is 0 Å². The van der Waals surface area contributed by atoms with E-state index in [0.717, 1.165) is 12.1 Å². The molecule has 0 aliphatic heterocycles. The zero-order valence-corrected chi connectivity index (χ0v) is 11.9. The van der Waals surface area contributed by atoms with Crippen LogP contribution in [0.3, 0.4) is 0 Å². The van der Waals surface area contributed by atoms with Crippen LogP contribution in [0, 0.1) is 0 Å². The van der Waals surface area contributed by atoms with E-state index in [1.54, 1.807) is 0 Å². The Labute approximate surface area is 124 Å². The van der Waals surface area contributed by atoms with Crippen LogP contribution in [0.15, 0.2) is 60.8 Å². The number of aliphatic hydroxyl groups excluding tert-OH is 1. The van der Waals surface area contributed by atoms with Gasteiger partial charge in [0, 0.05) is 36.3 Å². The molecule has 3 rings (SSSR count). The van der Waals surface area contributed by atoms with Gasteiger partial charge in [-0.25, -0.2) is 0 Å². The van der Waals surface area contributed by atoms with Crippen LogP contribution < -0.4 is 5.32 Å². The van der Waals surface area contributed by atoms with Crippen molar-refractivity contribution in [1.29, 1.82) is 0 Å². The smallest absolute Gasteiger partial charge is 0.0457 e. The average molecular weight is 280 g/mol. The first-order chi connectivity index (χ1) is 10.4. The Balaban J connectivity index is 1.76. The standard InChI is InChI=1S/C18H20N2O/c21-12-10-17(14-5-2-1-3-6-14)20-13-15-7-4-8-18-16(15)9-11-19-18/h1-9,11,17,19-21H,10,12-13H2/t17-/m1/s1. The van der Waals surface area contributed by atoms with Gasteiger partial charge in [-0.15, -0.1) is 0 Å². The van der Waals surface area contributed by atoms with Crippen LogP contribution in [-0.4, -0.2) is 16.7 Å². The van der Waals surface area contributed by atoms with Gasteiger partial charge in [0.25, 0.3) is 0 Å². The highest BCUT2D eigenvalue weighted by molar-refractivity contribution is 5.82. The Bertz CT molecular complexity index is 691. The monoisotopic (exact) mass is 280 g/mol. The maximum atomic E-state index is 9.29. The number of nitrogens with one attached hydrogen (secondary N) is 2. The van der Waals surface area contributed by atoms with E-state index in [9.17, 15) is 5.11 Å². The van der Waals surface area contributed by atoms with Gasteiger partial charge in [-0.3, -0.25) is 0 Å². The zero-order valence-electron chi connectivity index (χ0n) is 11.9. The summed E-state index contributed by atoms with van der Waals surface area (Å²) in [5, 5.41) is 14.1. The highest BCUT2D eigenvalue weighted by Gasteiger charge is 2.11. The van der Waals surface area contributed by atoms with E-state index in [1.807, 2.05) is 24.4 Å². The number of H-pyrrole nitrogens is 1. The minimum atomic E-state index is 0.172. The van der Waals surface area contributed by atoms with Gasteiger partial charge in [0.05, 0.1) is 0 Å². The highest BCUT2D eigenvalue weighted by Crippen LogP contribution is 2.20. The molecule has 0 radical (unpaired) electrons. The fraction of sp³-hybridized carbons (Fsp3) is 0.222. The lowest BCUT2D eigenvalue weighted by molar-refractivity contribution is 0.265. The number of aromatic nitrogens is 1. The topological polar surface area (TPSA) is 48.0 Å². The summed E-state index contributed by atoms with van der Waals surface area (Å²) in [6.45, 7) is 0.968. The number of hydrogen-bond acceptors (Lipinski definition) is 2. The minimum absolute atomic E-state index is 0.172. The first kappa shape index (κ1) is 13.9. The molecular formula is C18H20N2O. The molecule has 0 amide bonds. The molecule has 1 atom stereocenters. The third-order valence-electron chi connectivity index (χ3n) is 3.84. The van der Waals surface area contributed by atoms with Crippen molar-refractivity contribution in [3.63, 3.8) is 0 Å². The molecule has 3 heteroatoms. The lowest BCUT2D eigenvalue weighted by Crippen LogP contribution is -2.22. The van der Waals surface area contributed by atoms with Crippen LogP contribution in [0.4, 0.5) is 0 Å². The van der Waals surface area contributed by atoms with Gasteiger partial charge in [0.1, 0.15) is 0 Å². The van der Waals surface area contributed by atoms with E-state index in [1.165, 1.54) is 16.5 Å². The number of fused-ring (bicyclic) bond motifs is 1.